The van der Waals surface area contributed by atoms with Crippen molar-refractivity contribution >= 4 is 11.8 Å². The Bertz CT molecular complexity index is 304. The van der Waals surface area contributed by atoms with E-state index in [1.165, 1.54) is 4.90 Å². The van der Waals surface area contributed by atoms with Crippen LogP contribution < -0.4 is 5.32 Å². The van der Waals surface area contributed by atoms with E-state index in [2.05, 4.69) is 5.32 Å². The van der Waals surface area contributed by atoms with Gasteiger partial charge in [-0.1, -0.05) is 6.92 Å². The Labute approximate surface area is 94.2 Å². The van der Waals surface area contributed by atoms with Crippen molar-refractivity contribution in [2.75, 3.05) is 13.2 Å². The number of nitrogens with zero attached hydrogens (tertiary/aromatic N) is 1. The smallest absolute Gasteiger partial charge is 0.246 e. The van der Waals surface area contributed by atoms with Crippen LogP contribution in [-0.2, 0) is 9.59 Å². The fourth-order valence-corrected chi connectivity index (χ4v) is 2.30. The van der Waals surface area contributed by atoms with Gasteiger partial charge in [0, 0.05) is 6.54 Å². The molecule has 2 aliphatic rings. The van der Waals surface area contributed by atoms with Crippen molar-refractivity contribution in [3.05, 3.63) is 0 Å². The average Bonchev–Trinajstić information content (AvgIpc) is 3.07. The second-order valence-electron chi connectivity index (χ2n) is 4.47. The van der Waals surface area contributed by atoms with Gasteiger partial charge in [0.25, 0.3) is 0 Å². The predicted molar refractivity (Wildman–Crippen MR) is 56.4 cm³/mol. The van der Waals surface area contributed by atoms with Gasteiger partial charge >= 0.3 is 0 Å². The van der Waals surface area contributed by atoms with Gasteiger partial charge in [0.2, 0.25) is 11.8 Å². The molecule has 2 fully saturated rings. The monoisotopic (exact) mass is 228 g/mol. The molecular weight excluding hydrogens is 211 g/mol. The van der Waals surface area contributed by atoms with Gasteiger partial charge in [-0.3, -0.25) is 9.59 Å². The minimum absolute atomic E-state index is 0.0357. The minimum Gasteiger partial charge on any atom is -0.342 e. The normalized spacial score (nSPS) is 30.5. The number of nitrogens with one attached hydrogen (secondary N) is 1. The van der Waals surface area contributed by atoms with Crippen LogP contribution in [0.3, 0.4) is 0 Å². The number of halogens is 1. The number of carbonyl (C=O) groups is 2. The van der Waals surface area contributed by atoms with Crippen LogP contribution in [0.4, 0.5) is 4.39 Å². The standard InChI is InChI=1S/C11H17FN2O2/c1-2-8-10(15)13-9(7-3-4-7)11(16)14(8)6-5-12/h7-9H,2-6H2,1H3,(H,13,15). The lowest BCUT2D eigenvalue weighted by Crippen LogP contribution is -2.64. The predicted octanol–water partition coefficient (Wildman–Crippen LogP) is 0.472. The molecular formula is C11H17FN2O2. The second-order valence-corrected chi connectivity index (χ2v) is 4.47. The second kappa shape index (κ2) is 4.39. The van der Waals surface area contributed by atoms with E-state index >= 15 is 0 Å². The molecule has 2 amide bonds. The summed E-state index contributed by atoms with van der Waals surface area (Å²) in [7, 11) is 0. The molecule has 1 heterocycles. The van der Waals surface area contributed by atoms with Gasteiger partial charge in [-0.15, -0.1) is 0 Å². The molecule has 16 heavy (non-hydrogen) atoms. The zero-order valence-electron chi connectivity index (χ0n) is 9.41. The van der Waals surface area contributed by atoms with Crippen molar-refractivity contribution in [2.24, 2.45) is 5.92 Å². The molecule has 2 atom stereocenters. The first kappa shape index (κ1) is 11.4. The summed E-state index contributed by atoms with van der Waals surface area (Å²) < 4.78 is 12.4. The Morgan fingerprint density at radius 1 is 1.44 bits per heavy atom. The van der Waals surface area contributed by atoms with Crippen LogP contribution in [-0.4, -0.2) is 42.0 Å². The largest absolute Gasteiger partial charge is 0.342 e. The van der Waals surface area contributed by atoms with Crippen LogP contribution in [0, 0.1) is 5.92 Å². The summed E-state index contributed by atoms with van der Waals surface area (Å²) in [5.41, 5.74) is 0. The van der Waals surface area contributed by atoms with E-state index in [0.717, 1.165) is 12.8 Å². The van der Waals surface area contributed by atoms with E-state index in [-0.39, 0.29) is 24.3 Å². The molecule has 90 valence electrons. The molecule has 1 N–H and O–H groups in total. The third-order valence-electron chi connectivity index (χ3n) is 3.33. The van der Waals surface area contributed by atoms with Gasteiger partial charge in [0.05, 0.1) is 0 Å². The van der Waals surface area contributed by atoms with E-state index in [4.69, 9.17) is 0 Å². The Morgan fingerprint density at radius 2 is 2.12 bits per heavy atom. The Morgan fingerprint density at radius 3 is 2.62 bits per heavy atom. The van der Waals surface area contributed by atoms with Gasteiger partial charge in [0.1, 0.15) is 18.8 Å². The van der Waals surface area contributed by atoms with Crippen LogP contribution in [0.15, 0.2) is 0 Å². The van der Waals surface area contributed by atoms with E-state index in [9.17, 15) is 14.0 Å². The highest BCUT2D eigenvalue weighted by Gasteiger charge is 2.45. The lowest BCUT2D eigenvalue weighted by molar-refractivity contribution is -0.150. The van der Waals surface area contributed by atoms with E-state index in [1.54, 1.807) is 0 Å². The number of piperazine rings is 1. The van der Waals surface area contributed by atoms with Gasteiger partial charge in [-0.25, -0.2) is 4.39 Å². The summed E-state index contributed by atoms with van der Waals surface area (Å²) in [4.78, 5) is 25.2. The molecule has 0 aromatic heterocycles. The zero-order chi connectivity index (χ0) is 11.7. The Balaban J connectivity index is 2.14. The summed E-state index contributed by atoms with van der Waals surface area (Å²) in [5, 5.41) is 2.76. The topological polar surface area (TPSA) is 49.4 Å². The maximum absolute atomic E-state index is 12.4. The van der Waals surface area contributed by atoms with Gasteiger partial charge in [-0.05, 0) is 25.2 Å². The molecule has 0 spiro atoms. The average molecular weight is 228 g/mol. The molecule has 0 bridgehead atoms. The SMILES string of the molecule is CCC1C(=O)NC(C2CC2)C(=O)N1CCF. The van der Waals surface area contributed by atoms with Crippen LogP contribution in [0.1, 0.15) is 26.2 Å². The van der Waals surface area contributed by atoms with Crippen molar-refractivity contribution in [1.82, 2.24) is 10.2 Å². The summed E-state index contributed by atoms with van der Waals surface area (Å²) in [5.74, 6) is 0.0374. The number of rotatable bonds is 4. The highest BCUT2D eigenvalue weighted by Crippen LogP contribution is 2.35. The molecule has 2 rings (SSSR count). The lowest BCUT2D eigenvalue weighted by Gasteiger charge is -2.38. The number of carbonyl (C=O) groups excluding carboxylic acids is 2. The van der Waals surface area contributed by atoms with Crippen LogP contribution in [0.5, 0.6) is 0 Å². The first-order valence-electron chi connectivity index (χ1n) is 5.85. The maximum atomic E-state index is 12.4. The lowest BCUT2D eigenvalue weighted by atomic mass is 10.0. The van der Waals surface area contributed by atoms with E-state index < -0.39 is 18.8 Å². The Hall–Kier alpha value is -1.13. The molecule has 1 aliphatic heterocycles. The number of hydrogen-bond donors (Lipinski definition) is 1. The van der Waals surface area contributed by atoms with Crippen molar-refractivity contribution in [2.45, 2.75) is 38.3 Å². The zero-order valence-corrected chi connectivity index (χ0v) is 9.41. The van der Waals surface area contributed by atoms with Crippen LogP contribution in [0.25, 0.3) is 0 Å². The summed E-state index contributed by atoms with van der Waals surface area (Å²) >= 11 is 0. The van der Waals surface area contributed by atoms with Gasteiger partial charge in [0.15, 0.2) is 0 Å². The molecule has 0 aromatic carbocycles. The number of amides is 2. The molecule has 1 aliphatic carbocycles. The highest BCUT2D eigenvalue weighted by molar-refractivity contribution is 5.97. The molecule has 1 saturated carbocycles. The van der Waals surface area contributed by atoms with Gasteiger partial charge in [-0.2, -0.15) is 0 Å². The Kier molecular flexibility index (Phi) is 3.12. The number of alkyl halides is 1. The van der Waals surface area contributed by atoms with Crippen molar-refractivity contribution in [3.8, 4) is 0 Å². The van der Waals surface area contributed by atoms with E-state index in [0.29, 0.717) is 6.42 Å². The third-order valence-corrected chi connectivity index (χ3v) is 3.33. The summed E-state index contributed by atoms with van der Waals surface area (Å²) in [6.45, 7) is 1.28. The summed E-state index contributed by atoms with van der Waals surface area (Å²) in [6.07, 6.45) is 2.50. The fourth-order valence-electron chi connectivity index (χ4n) is 2.30. The molecule has 1 saturated heterocycles. The first-order chi connectivity index (χ1) is 7.69. The van der Waals surface area contributed by atoms with E-state index in [1.807, 2.05) is 6.92 Å². The molecule has 4 nitrogen and oxygen atoms in total. The quantitative estimate of drug-likeness (QED) is 0.760. The van der Waals surface area contributed by atoms with Crippen LogP contribution >= 0.6 is 0 Å². The minimum atomic E-state index is -0.590. The summed E-state index contributed by atoms with van der Waals surface area (Å²) in [6, 6.07) is -0.889. The van der Waals surface area contributed by atoms with Crippen molar-refractivity contribution < 1.29 is 14.0 Å². The highest BCUT2D eigenvalue weighted by atomic mass is 19.1. The fraction of sp³-hybridized carbons (Fsp3) is 0.818. The van der Waals surface area contributed by atoms with Crippen molar-refractivity contribution in [3.63, 3.8) is 0 Å². The molecule has 2 unspecified atom stereocenters. The molecule has 5 heteroatoms. The molecule has 0 aromatic rings. The number of hydrogen-bond acceptors (Lipinski definition) is 2. The first-order valence-corrected chi connectivity index (χ1v) is 5.85. The van der Waals surface area contributed by atoms with Gasteiger partial charge < -0.3 is 10.2 Å². The van der Waals surface area contributed by atoms with Crippen LogP contribution in [0.2, 0.25) is 0 Å². The molecule has 0 radical (unpaired) electrons. The van der Waals surface area contributed by atoms with Crippen molar-refractivity contribution in [1.29, 1.82) is 0 Å². The maximum Gasteiger partial charge on any atom is 0.246 e. The third kappa shape index (κ3) is 1.90.